The SMILES string of the molecule is Fc1ccc(-c2cc(-c3ccccc3)nc(-c3ccco3)c2)cc1. The summed E-state index contributed by atoms with van der Waals surface area (Å²) >= 11 is 0. The molecule has 0 saturated heterocycles. The van der Waals surface area contributed by atoms with Crippen molar-refractivity contribution in [3.05, 3.63) is 90.9 Å². The predicted molar refractivity (Wildman–Crippen MR) is 92.8 cm³/mol. The van der Waals surface area contributed by atoms with Crippen LogP contribution in [0.3, 0.4) is 0 Å². The number of furan rings is 1. The van der Waals surface area contributed by atoms with Crippen molar-refractivity contribution in [3.8, 4) is 33.8 Å². The number of benzene rings is 2. The van der Waals surface area contributed by atoms with Crippen LogP contribution in [0.15, 0.2) is 89.5 Å². The molecule has 2 aromatic carbocycles. The van der Waals surface area contributed by atoms with E-state index >= 15 is 0 Å². The molecule has 0 aliphatic rings. The monoisotopic (exact) mass is 315 g/mol. The van der Waals surface area contributed by atoms with Crippen molar-refractivity contribution in [1.29, 1.82) is 0 Å². The molecule has 2 heterocycles. The maximum absolute atomic E-state index is 13.2. The molecule has 24 heavy (non-hydrogen) atoms. The fourth-order valence-corrected chi connectivity index (χ4v) is 2.65. The van der Waals surface area contributed by atoms with Gasteiger partial charge in [0.1, 0.15) is 11.5 Å². The number of rotatable bonds is 3. The Hall–Kier alpha value is -3.20. The fraction of sp³-hybridized carbons (Fsp3) is 0. The topological polar surface area (TPSA) is 26.0 Å². The molecular formula is C21H14FNO. The van der Waals surface area contributed by atoms with Crippen molar-refractivity contribution >= 4 is 0 Å². The van der Waals surface area contributed by atoms with Crippen LogP contribution in [-0.4, -0.2) is 4.98 Å². The van der Waals surface area contributed by atoms with Crippen molar-refractivity contribution in [1.82, 2.24) is 4.98 Å². The number of nitrogens with zero attached hydrogens (tertiary/aromatic N) is 1. The van der Waals surface area contributed by atoms with Gasteiger partial charge in [-0.15, -0.1) is 0 Å². The summed E-state index contributed by atoms with van der Waals surface area (Å²) < 4.78 is 18.7. The molecule has 0 spiro atoms. The Labute approximate surface area is 139 Å². The number of halogens is 1. The molecular weight excluding hydrogens is 301 g/mol. The van der Waals surface area contributed by atoms with Crippen molar-refractivity contribution in [2.24, 2.45) is 0 Å². The van der Waals surface area contributed by atoms with E-state index in [1.165, 1.54) is 12.1 Å². The van der Waals surface area contributed by atoms with Gasteiger partial charge in [0.15, 0.2) is 5.76 Å². The van der Waals surface area contributed by atoms with E-state index in [4.69, 9.17) is 9.40 Å². The molecule has 0 aliphatic carbocycles. The molecule has 0 saturated carbocycles. The Balaban J connectivity index is 1.90. The maximum atomic E-state index is 13.2. The maximum Gasteiger partial charge on any atom is 0.152 e. The van der Waals surface area contributed by atoms with Crippen LogP contribution in [0.1, 0.15) is 0 Å². The Kier molecular flexibility index (Phi) is 3.67. The summed E-state index contributed by atoms with van der Waals surface area (Å²) in [5, 5.41) is 0. The molecule has 0 radical (unpaired) electrons. The molecule has 4 aromatic rings. The molecule has 2 nitrogen and oxygen atoms in total. The third kappa shape index (κ3) is 2.84. The zero-order valence-electron chi connectivity index (χ0n) is 12.8. The van der Waals surface area contributed by atoms with E-state index in [2.05, 4.69) is 0 Å². The normalized spacial score (nSPS) is 10.7. The van der Waals surface area contributed by atoms with Crippen molar-refractivity contribution in [2.45, 2.75) is 0 Å². The third-order valence-corrected chi connectivity index (χ3v) is 3.85. The van der Waals surface area contributed by atoms with Crippen LogP contribution in [0.5, 0.6) is 0 Å². The van der Waals surface area contributed by atoms with Crippen molar-refractivity contribution < 1.29 is 8.81 Å². The highest BCUT2D eigenvalue weighted by atomic mass is 19.1. The fourth-order valence-electron chi connectivity index (χ4n) is 2.65. The van der Waals surface area contributed by atoms with E-state index < -0.39 is 0 Å². The second-order valence-electron chi connectivity index (χ2n) is 5.48. The second-order valence-corrected chi connectivity index (χ2v) is 5.48. The van der Waals surface area contributed by atoms with Crippen LogP contribution in [-0.2, 0) is 0 Å². The number of hydrogen-bond donors (Lipinski definition) is 0. The first-order valence-corrected chi connectivity index (χ1v) is 7.67. The summed E-state index contributed by atoms with van der Waals surface area (Å²) in [6.07, 6.45) is 1.63. The van der Waals surface area contributed by atoms with Crippen LogP contribution < -0.4 is 0 Å². The van der Waals surface area contributed by atoms with Crippen LogP contribution >= 0.6 is 0 Å². The van der Waals surface area contributed by atoms with Crippen LogP contribution in [0, 0.1) is 5.82 Å². The largest absolute Gasteiger partial charge is 0.463 e. The van der Waals surface area contributed by atoms with Gasteiger partial charge < -0.3 is 4.42 Å². The van der Waals surface area contributed by atoms with Crippen LogP contribution in [0.2, 0.25) is 0 Å². The lowest BCUT2D eigenvalue weighted by atomic mass is 10.0. The van der Waals surface area contributed by atoms with E-state index in [0.717, 1.165) is 28.1 Å². The lowest BCUT2D eigenvalue weighted by Crippen LogP contribution is -1.90. The Morgan fingerprint density at radius 3 is 2.12 bits per heavy atom. The molecule has 3 heteroatoms. The van der Waals surface area contributed by atoms with Gasteiger partial charge in [0.05, 0.1) is 12.0 Å². The Morgan fingerprint density at radius 2 is 1.42 bits per heavy atom. The minimum Gasteiger partial charge on any atom is -0.463 e. The van der Waals surface area contributed by atoms with Crippen molar-refractivity contribution in [3.63, 3.8) is 0 Å². The molecule has 0 unspecified atom stereocenters. The smallest absolute Gasteiger partial charge is 0.152 e. The molecule has 0 bridgehead atoms. The van der Waals surface area contributed by atoms with Crippen molar-refractivity contribution in [2.75, 3.05) is 0 Å². The molecule has 0 N–H and O–H groups in total. The van der Waals surface area contributed by atoms with E-state index in [-0.39, 0.29) is 5.82 Å². The van der Waals surface area contributed by atoms with E-state index in [1.807, 2.05) is 54.6 Å². The van der Waals surface area contributed by atoms with Gasteiger partial charge in [-0.2, -0.15) is 0 Å². The van der Waals surface area contributed by atoms with Crippen LogP contribution in [0.4, 0.5) is 4.39 Å². The minimum atomic E-state index is -0.248. The van der Waals surface area contributed by atoms with Gasteiger partial charge in [0.25, 0.3) is 0 Å². The first kappa shape index (κ1) is 14.4. The zero-order valence-corrected chi connectivity index (χ0v) is 12.8. The molecule has 116 valence electrons. The highest BCUT2D eigenvalue weighted by Crippen LogP contribution is 2.30. The van der Waals surface area contributed by atoms with Gasteiger partial charge in [-0.3, -0.25) is 0 Å². The highest BCUT2D eigenvalue weighted by Gasteiger charge is 2.10. The minimum absolute atomic E-state index is 0.248. The number of pyridine rings is 1. The molecule has 0 amide bonds. The molecule has 0 fully saturated rings. The van der Waals surface area contributed by atoms with Gasteiger partial charge >= 0.3 is 0 Å². The van der Waals surface area contributed by atoms with Gasteiger partial charge in [0, 0.05) is 5.56 Å². The van der Waals surface area contributed by atoms with E-state index in [0.29, 0.717) is 5.76 Å². The predicted octanol–water partition coefficient (Wildman–Crippen LogP) is 5.81. The highest BCUT2D eigenvalue weighted by molar-refractivity contribution is 5.75. The summed E-state index contributed by atoms with van der Waals surface area (Å²) in [5.41, 5.74) is 4.53. The molecule has 4 rings (SSSR count). The van der Waals surface area contributed by atoms with Gasteiger partial charge in [-0.05, 0) is 47.5 Å². The van der Waals surface area contributed by atoms with Gasteiger partial charge in [-0.25, -0.2) is 9.37 Å². The number of hydrogen-bond acceptors (Lipinski definition) is 2. The standard InChI is InChI=1S/C21H14FNO/c22-18-10-8-15(9-11-18)17-13-19(16-5-2-1-3-6-16)23-20(14-17)21-7-4-12-24-21/h1-14H. The second kappa shape index (κ2) is 6.13. The number of aromatic nitrogens is 1. The summed E-state index contributed by atoms with van der Waals surface area (Å²) in [5.74, 6) is 0.457. The summed E-state index contributed by atoms with van der Waals surface area (Å²) in [4.78, 5) is 4.72. The average molecular weight is 315 g/mol. The molecule has 0 atom stereocenters. The Morgan fingerprint density at radius 1 is 0.667 bits per heavy atom. The van der Waals surface area contributed by atoms with E-state index in [9.17, 15) is 4.39 Å². The summed E-state index contributed by atoms with van der Waals surface area (Å²) in [6.45, 7) is 0. The lowest BCUT2D eigenvalue weighted by molar-refractivity contribution is 0.580. The molecule has 2 aromatic heterocycles. The lowest BCUT2D eigenvalue weighted by Gasteiger charge is -2.09. The van der Waals surface area contributed by atoms with Crippen LogP contribution in [0.25, 0.3) is 33.8 Å². The third-order valence-electron chi connectivity index (χ3n) is 3.85. The average Bonchev–Trinajstić information content (AvgIpc) is 3.17. The Bertz CT molecular complexity index is 945. The summed E-state index contributed by atoms with van der Waals surface area (Å²) in [7, 11) is 0. The summed E-state index contributed by atoms with van der Waals surface area (Å²) in [6, 6.07) is 24.1. The zero-order chi connectivity index (χ0) is 16.4. The van der Waals surface area contributed by atoms with E-state index in [1.54, 1.807) is 18.4 Å². The molecule has 0 aliphatic heterocycles. The van der Waals surface area contributed by atoms with Gasteiger partial charge in [0.2, 0.25) is 0 Å². The first-order chi connectivity index (χ1) is 11.8. The first-order valence-electron chi connectivity index (χ1n) is 7.67. The quantitative estimate of drug-likeness (QED) is 0.476. The van der Waals surface area contributed by atoms with Gasteiger partial charge in [-0.1, -0.05) is 42.5 Å².